The highest BCUT2D eigenvalue weighted by atomic mass is 35.5. The van der Waals surface area contributed by atoms with Crippen LogP contribution in [-0.2, 0) is 11.0 Å². The summed E-state index contributed by atoms with van der Waals surface area (Å²) in [6.45, 7) is 0. The van der Waals surface area contributed by atoms with Crippen LogP contribution in [0.15, 0.2) is 66.7 Å². The molecule has 1 unspecified atom stereocenters. The zero-order valence-electron chi connectivity index (χ0n) is 15.7. The number of nitrogens with zero attached hydrogens (tertiary/aromatic N) is 1. The van der Waals surface area contributed by atoms with Gasteiger partial charge in [0.1, 0.15) is 16.9 Å². The van der Waals surface area contributed by atoms with Gasteiger partial charge in [0.2, 0.25) is 5.91 Å². The standard InChI is InChI=1S/C22H14Cl2F3NO2S/c23-15-8-16(24)10-19(9-15)30-18-6-2-5-17(11-18)28-20(29)12-31-21(28)13-3-1-4-14(7-13)22(25,26)27/h1-11,21H,12H2. The molecule has 0 aliphatic carbocycles. The third kappa shape index (κ3) is 4.95. The number of alkyl halides is 3. The van der Waals surface area contributed by atoms with Gasteiger partial charge in [0, 0.05) is 21.8 Å². The Hall–Kier alpha value is -2.35. The van der Waals surface area contributed by atoms with Gasteiger partial charge in [0.15, 0.2) is 0 Å². The summed E-state index contributed by atoms with van der Waals surface area (Å²) in [6.07, 6.45) is -4.46. The van der Waals surface area contributed by atoms with Crippen LogP contribution in [0, 0.1) is 0 Å². The van der Waals surface area contributed by atoms with Gasteiger partial charge < -0.3 is 4.74 Å². The molecule has 3 aromatic carbocycles. The van der Waals surface area contributed by atoms with Gasteiger partial charge in [-0.05, 0) is 48.0 Å². The minimum Gasteiger partial charge on any atom is -0.457 e. The fourth-order valence-electron chi connectivity index (χ4n) is 3.24. The van der Waals surface area contributed by atoms with Crippen molar-refractivity contribution in [3.05, 3.63) is 87.9 Å². The van der Waals surface area contributed by atoms with E-state index in [2.05, 4.69) is 0 Å². The molecule has 31 heavy (non-hydrogen) atoms. The molecule has 0 aromatic heterocycles. The molecule has 9 heteroatoms. The van der Waals surface area contributed by atoms with Gasteiger partial charge in [-0.1, -0.05) is 41.4 Å². The smallest absolute Gasteiger partial charge is 0.416 e. The number of carbonyl (C=O) groups excluding carboxylic acids is 1. The van der Waals surface area contributed by atoms with Gasteiger partial charge in [-0.25, -0.2) is 0 Å². The number of hydrogen-bond acceptors (Lipinski definition) is 3. The van der Waals surface area contributed by atoms with Crippen LogP contribution in [0.25, 0.3) is 0 Å². The van der Waals surface area contributed by atoms with Gasteiger partial charge >= 0.3 is 6.18 Å². The molecule has 0 saturated carbocycles. The highest BCUT2D eigenvalue weighted by molar-refractivity contribution is 8.00. The Bertz CT molecular complexity index is 1120. The fraction of sp³-hybridized carbons (Fsp3) is 0.136. The van der Waals surface area contributed by atoms with Crippen molar-refractivity contribution in [2.24, 2.45) is 0 Å². The first-order valence-corrected chi connectivity index (χ1v) is 10.9. The summed E-state index contributed by atoms with van der Waals surface area (Å²) in [5.74, 6) is 0.820. The molecule has 1 atom stereocenters. The van der Waals surface area contributed by atoms with Crippen LogP contribution in [0.2, 0.25) is 10.0 Å². The van der Waals surface area contributed by atoms with Crippen LogP contribution >= 0.6 is 35.0 Å². The van der Waals surface area contributed by atoms with Gasteiger partial charge in [0.25, 0.3) is 0 Å². The van der Waals surface area contributed by atoms with Crippen LogP contribution in [0.4, 0.5) is 18.9 Å². The first-order valence-electron chi connectivity index (χ1n) is 9.05. The van der Waals surface area contributed by atoms with Gasteiger partial charge in [-0.3, -0.25) is 9.69 Å². The summed E-state index contributed by atoms with van der Waals surface area (Å²) in [5, 5.41) is 0.245. The summed E-state index contributed by atoms with van der Waals surface area (Å²) >= 11 is 13.3. The maximum absolute atomic E-state index is 13.1. The number of hydrogen-bond donors (Lipinski definition) is 0. The number of amides is 1. The van der Waals surface area contributed by atoms with Crippen molar-refractivity contribution in [1.82, 2.24) is 0 Å². The van der Waals surface area contributed by atoms with E-state index in [0.717, 1.165) is 12.1 Å². The second-order valence-electron chi connectivity index (χ2n) is 6.75. The van der Waals surface area contributed by atoms with Crippen molar-refractivity contribution in [3.63, 3.8) is 0 Å². The number of anilines is 1. The minimum absolute atomic E-state index is 0.163. The molecular weight excluding hydrogens is 470 g/mol. The maximum atomic E-state index is 13.1. The molecular formula is C22H14Cl2F3NO2S. The van der Waals surface area contributed by atoms with Crippen LogP contribution in [0.3, 0.4) is 0 Å². The summed E-state index contributed by atoms with van der Waals surface area (Å²) in [4.78, 5) is 14.1. The largest absolute Gasteiger partial charge is 0.457 e. The van der Waals surface area contributed by atoms with Crippen molar-refractivity contribution in [2.75, 3.05) is 10.7 Å². The van der Waals surface area contributed by atoms with Gasteiger partial charge in [-0.2, -0.15) is 13.2 Å². The number of halogens is 5. The van der Waals surface area contributed by atoms with Crippen LogP contribution in [0.5, 0.6) is 11.5 Å². The zero-order chi connectivity index (χ0) is 22.2. The Morgan fingerprint density at radius 3 is 2.35 bits per heavy atom. The predicted octanol–water partition coefficient (Wildman–Crippen LogP) is 7.58. The maximum Gasteiger partial charge on any atom is 0.416 e. The van der Waals surface area contributed by atoms with E-state index >= 15 is 0 Å². The second kappa shape index (κ2) is 8.65. The average molecular weight is 484 g/mol. The number of carbonyl (C=O) groups is 1. The topological polar surface area (TPSA) is 29.5 Å². The predicted molar refractivity (Wildman–Crippen MR) is 117 cm³/mol. The number of ether oxygens (including phenoxy) is 1. The SMILES string of the molecule is O=C1CSC(c2cccc(C(F)(F)F)c2)N1c1cccc(Oc2cc(Cl)cc(Cl)c2)c1. The van der Waals surface area contributed by atoms with Crippen molar-refractivity contribution in [1.29, 1.82) is 0 Å². The van der Waals surface area contributed by atoms with Crippen LogP contribution in [-0.4, -0.2) is 11.7 Å². The van der Waals surface area contributed by atoms with Crippen molar-refractivity contribution < 1.29 is 22.7 Å². The monoisotopic (exact) mass is 483 g/mol. The van der Waals surface area contributed by atoms with Crippen molar-refractivity contribution in [2.45, 2.75) is 11.6 Å². The number of benzene rings is 3. The van der Waals surface area contributed by atoms with E-state index in [1.807, 2.05) is 0 Å². The fourth-order valence-corrected chi connectivity index (χ4v) is 4.91. The molecule has 0 radical (unpaired) electrons. The minimum atomic E-state index is -4.46. The first-order chi connectivity index (χ1) is 14.7. The average Bonchev–Trinajstić information content (AvgIpc) is 3.08. The molecule has 1 amide bonds. The third-order valence-corrected chi connectivity index (χ3v) is 6.18. The van der Waals surface area contributed by atoms with E-state index in [0.29, 0.717) is 32.8 Å². The van der Waals surface area contributed by atoms with Crippen LogP contribution in [0.1, 0.15) is 16.5 Å². The summed E-state index contributed by atoms with van der Waals surface area (Å²) in [5.41, 5.74) is 0.168. The highest BCUT2D eigenvalue weighted by Crippen LogP contribution is 2.44. The van der Waals surface area contributed by atoms with E-state index < -0.39 is 17.1 Å². The Morgan fingerprint density at radius 2 is 1.65 bits per heavy atom. The normalized spacial score (nSPS) is 16.6. The summed E-state index contributed by atoms with van der Waals surface area (Å²) in [7, 11) is 0. The highest BCUT2D eigenvalue weighted by Gasteiger charge is 2.36. The molecule has 1 saturated heterocycles. The molecule has 3 aromatic rings. The Balaban J connectivity index is 1.65. The molecule has 0 N–H and O–H groups in total. The molecule has 1 fully saturated rings. The summed E-state index contributed by atoms with van der Waals surface area (Å²) < 4.78 is 45.3. The molecule has 1 heterocycles. The Kier molecular flexibility index (Phi) is 6.10. The van der Waals surface area contributed by atoms with E-state index in [9.17, 15) is 18.0 Å². The molecule has 160 valence electrons. The lowest BCUT2D eigenvalue weighted by Crippen LogP contribution is -2.27. The lowest BCUT2D eigenvalue weighted by atomic mass is 10.1. The molecule has 0 bridgehead atoms. The quantitative estimate of drug-likeness (QED) is 0.382. The van der Waals surface area contributed by atoms with Gasteiger partial charge in [-0.15, -0.1) is 11.8 Å². The summed E-state index contributed by atoms with van der Waals surface area (Å²) in [6, 6.07) is 16.6. The number of thioether (sulfide) groups is 1. The van der Waals surface area contributed by atoms with E-state index in [1.165, 1.54) is 22.7 Å². The Labute approximate surface area is 190 Å². The Morgan fingerprint density at radius 1 is 0.935 bits per heavy atom. The first kappa shape index (κ1) is 21.9. The van der Waals surface area contributed by atoms with Crippen molar-refractivity contribution >= 4 is 46.6 Å². The van der Waals surface area contributed by atoms with E-state index in [-0.39, 0.29) is 11.7 Å². The lowest BCUT2D eigenvalue weighted by molar-refractivity contribution is -0.137. The lowest BCUT2D eigenvalue weighted by Gasteiger charge is -2.25. The molecule has 0 spiro atoms. The molecule has 3 nitrogen and oxygen atoms in total. The zero-order valence-corrected chi connectivity index (χ0v) is 18.0. The van der Waals surface area contributed by atoms with Crippen molar-refractivity contribution in [3.8, 4) is 11.5 Å². The van der Waals surface area contributed by atoms with Crippen LogP contribution < -0.4 is 9.64 Å². The third-order valence-electron chi connectivity index (χ3n) is 4.53. The molecule has 1 aliphatic rings. The molecule has 4 rings (SSSR count). The second-order valence-corrected chi connectivity index (χ2v) is 8.70. The molecule has 1 aliphatic heterocycles. The van der Waals surface area contributed by atoms with E-state index in [1.54, 1.807) is 48.5 Å². The van der Waals surface area contributed by atoms with Gasteiger partial charge in [0.05, 0.1) is 11.3 Å². The number of rotatable bonds is 4. The van der Waals surface area contributed by atoms with E-state index in [4.69, 9.17) is 27.9 Å².